The number of aryl methyl sites for hydroxylation is 1. The van der Waals surface area contributed by atoms with Crippen LogP contribution in [0, 0.1) is 6.92 Å². The molecule has 5 nitrogen and oxygen atoms in total. The number of nitrogens with zero attached hydrogens (tertiary/aromatic N) is 1. The molecule has 5 heteroatoms. The van der Waals surface area contributed by atoms with Crippen molar-refractivity contribution in [2.75, 3.05) is 19.0 Å². The quantitative estimate of drug-likeness (QED) is 0.684. The predicted molar refractivity (Wildman–Crippen MR) is 48.8 cm³/mol. The minimum atomic E-state index is -0.373. The molecule has 0 bridgehead atoms. The summed E-state index contributed by atoms with van der Waals surface area (Å²) in [7, 11) is 1.35. The highest BCUT2D eigenvalue weighted by Crippen LogP contribution is 2.16. The third kappa shape index (κ3) is 1.80. The molecule has 0 unspecified atom stereocenters. The lowest BCUT2D eigenvalue weighted by Gasteiger charge is -2.01. The summed E-state index contributed by atoms with van der Waals surface area (Å²) in [6.45, 7) is 4.43. The third-order valence-corrected chi connectivity index (χ3v) is 1.68. The molecule has 1 aromatic rings. The second-order valence-corrected chi connectivity index (χ2v) is 2.59. The Morgan fingerprint density at radius 2 is 2.38 bits per heavy atom. The van der Waals surface area contributed by atoms with Crippen LogP contribution in [-0.2, 0) is 4.74 Å². The van der Waals surface area contributed by atoms with Crippen LogP contribution in [0.1, 0.15) is 23.0 Å². The Morgan fingerprint density at radius 1 is 1.69 bits per heavy atom. The van der Waals surface area contributed by atoms with Gasteiger partial charge in [-0.2, -0.15) is 5.10 Å². The second-order valence-electron chi connectivity index (χ2n) is 2.59. The molecule has 2 N–H and O–H groups in total. The third-order valence-electron chi connectivity index (χ3n) is 1.68. The molecule has 0 spiro atoms. The summed E-state index contributed by atoms with van der Waals surface area (Å²) < 4.78 is 4.62. The van der Waals surface area contributed by atoms with Gasteiger partial charge in [0.1, 0.15) is 5.56 Å². The van der Waals surface area contributed by atoms with Gasteiger partial charge in [-0.15, -0.1) is 0 Å². The van der Waals surface area contributed by atoms with Crippen molar-refractivity contribution >= 4 is 11.8 Å². The summed E-state index contributed by atoms with van der Waals surface area (Å²) in [5.41, 5.74) is 1.19. The number of methoxy groups -OCH3 is 1. The maximum Gasteiger partial charge on any atom is 0.343 e. The van der Waals surface area contributed by atoms with Crippen LogP contribution < -0.4 is 5.32 Å². The first kappa shape index (κ1) is 9.57. The van der Waals surface area contributed by atoms with E-state index in [0.29, 0.717) is 23.6 Å². The smallest absolute Gasteiger partial charge is 0.343 e. The van der Waals surface area contributed by atoms with E-state index in [1.807, 2.05) is 6.92 Å². The monoisotopic (exact) mass is 183 g/mol. The lowest BCUT2D eigenvalue weighted by atomic mass is 10.2. The van der Waals surface area contributed by atoms with Crippen molar-refractivity contribution in [3.05, 3.63) is 11.3 Å². The average Bonchev–Trinajstić information content (AvgIpc) is 2.47. The normalized spacial score (nSPS) is 9.77. The van der Waals surface area contributed by atoms with Crippen LogP contribution in [0.15, 0.2) is 0 Å². The van der Waals surface area contributed by atoms with Gasteiger partial charge in [-0.3, -0.25) is 5.10 Å². The highest BCUT2D eigenvalue weighted by Gasteiger charge is 2.17. The molecular formula is C8H13N3O2. The van der Waals surface area contributed by atoms with Crippen LogP contribution in [0.2, 0.25) is 0 Å². The predicted octanol–water partition coefficient (Wildman–Crippen LogP) is 0.937. The Hall–Kier alpha value is -1.52. The van der Waals surface area contributed by atoms with Gasteiger partial charge in [-0.1, -0.05) is 0 Å². The highest BCUT2D eigenvalue weighted by atomic mass is 16.5. The Labute approximate surface area is 76.5 Å². The number of hydrogen-bond donors (Lipinski definition) is 2. The SMILES string of the molecule is CCNc1n[nH]c(C)c1C(=O)OC. The van der Waals surface area contributed by atoms with Crippen molar-refractivity contribution in [3.8, 4) is 0 Å². The summed E-state index contributed by atoms with van der Waals surface area (Å²) in [4.78, 5) is 11.3. The molecule has 0 saturated carbocycles. The topological polar surface area (TPSA) is 67.0 Å². The molecule has 0 atom stereocenters. The van der Waals surface area contributed by atoms with Gasteiger partial charge in [-0.25, -0.2) is 4.79 Å². The number of esters is 1. The van der Waals surface area contributed by atoms with Crippen LogP contribution in [0.5, 0.6) is 0 Å². The highest BCUT2D eigenvalue weighted by molar-refractivity contribution is 5.95. The molecule has 1 aromatic heterocycles. The lowest BCUT2D eigenvalue weighted by Crippen LogP contribution is -2.07. The van der Waals surface area contributed by atoms with Crippen molar-refractivity contribution in [1.82, 2.24) is 10.2 Å². The molecule has 0 aromatic carbocycles. The number of carbonyl (C=O) groups excluding carboxylic acids is 1. The first-order chi connectivity index (χ1) is 6.20. The number of aromatic amines is 1. The number of anilines is 1. The molecule has 0 saturated heterocycles. The van der Waals surface area contributed by atoms with E-state index < -0.39 is 0 Å². The van der Waals surface area contributed by atoms with Crippen LogP contribution in [0.25, 0.3) is 0 Å². The van der Waals surface area contributed by atoms with Gasteiger partial charge in [-0.05, 0) is 13.8 Å². The summed E-state index contributed by atoms with van der Waals surface area (Å²) in [5.74, 6) is 0.175. The van der Waals surface area contributed by atoms with E-state index in [1.54, 1.807) is 6.92 Å². The molecule has 0 radical (unpaired) electrons. The Kier molecular flexibility index (Phi) is 2.89. The molecule has 1 rings (SSSR count). The molecule has 0 aliphatic heterocycles. The lowest BCUT2D eigenvalue weighted by molar-refractivity contribution is 0.0601. The number of ether oxygens (including phenoxy) is 1. The molecule has 72 valence electrons. The number of H-pyrrole nitrogens is 1. The zero-order chi connectivity index (χ0) is 9.84. The van der Waals surface area contributed by atoms with Gasteiger partial charge in [0, 0.05) is 12.2 Å². The van der Waals surface area contributed by atoms with Crippen LogP contribution in [0.3, 0.4) is 0 Å². The standard InChI is InChI=1S/C8H13N3O2/c1-4-9-7-6(8(12)13-3)5(2)10-11-7/h4H2,1-3H3,(H2,9,10,11). The van der Waals surface area contributed by atoms with Gasteiger partial charge < -0.3 is 10.1 Å². The Morgan fingerprint density at radius 3 is 2.92 bits per heavy atom. The zero-order valence-corrected chi connectivity index (χ0v) is 7.97. The summed E-state index contributed by atoms with van der Waals surface area (Å²) in [6.07, 6.45) is 0. The van der Waals surface area contributed by atoms with E-state index in [-0.39, 0.29) is 5.97 Å². The fraction of sp³-hybridized carbons (Fsp3) is 0.500. The van der Waals surface area contributed by atoms with Crippen molar-refractivity contribution in [2.24, 2.45) is 0 Å². The van der Waals surface area contributed by atoms with E-state index in [0.717, 1.165) is 0 Å². The molecule has 0 aliphatic carbocycles. The number of hydrogen-bond acceptors (Lipinski definition) is 4. The van der Waals surface area contributed by atoms with Gasteiger partial charge in [0.15, 0.2) is 5.82 Å². The summed E-state index contributed by atoms with van der Waals surface area (Å²) in [6, 6.07) is 0. The van der Waals surface area contributed by atoms with Gasteiger partial charge in [0.25, 0.3) is 0 Å². The fourth-order valence-corrected chi connectivity index (χ4v) is 1.08. The van der Waals surface area contributed by atoms with Crippen molar-refractivity contribution < 1.29 is 9.53 Å². The van der Waals surface area contributed by atoms with E-state index >= 15 is 0 Å². The fourth-order valence-electron chi connectivity index (χ4n) is 1.08. The van der Waals surface area contributed by atoms with Crippen molar-refractivity contribution in [2.45, 2.75) is 13.8 Å². The minimum Gasteiger partial charge on any atom is -0.465 e. The summed E-state index contributed by atoms with van der Waals surface area (Å²) >= 11 is 0. The Balaban J connectivity index is 3.01. The molecule has 0 amide bonds. The van der Waals surface area contributed by atoms with Gasteiger partial charge >= 0.3 is 5.97 Å². The maximum atomic E-state index is 11.3. The van der Waals surface area contributed by atoms with Crippen molar-refractivity contribution in [1.29, 1.82) is 0 Å². The Bertz CT molecular complexity index is 306. The molecule has 13 heavy (non-hydrogen) atoms. The number of carbonyl (C=O) groups is 1. The van der Waals surface area contributed by atoms with E-state index in [1.165, 1.54) is 7.11 Å². The zero-order valence-electron chi connectivity index (χ0n) is 7.97. The first-order valence-electron chi connectivity index (χ1n) is 4.07. The van der Waals surface area contributed by atoms with E-state index in [4.69, 9.17) is 0 Å². The second kappa shape index (κ2) is 3.93. The summed E-state index contributed by atoms with van der Waals surface area (Å²) in [5, 5.41) is 9.63. The minimum absolute atomic E-state index is 0.373. The molecular weight excluding hydrogens is 170 g/mol. The van der Waals surface area contributed by atoms with Crippen LogP contribution in [0.4, 0.5) is 5.82 Å². The van der Waals surface area contributed by atoms with Gasteiger partial charge in [0.05, 0.1) is 7.11 Å². The molecule has 0 fully saturated rings. The number of rotatable bonds is 3. The first-order valence-corrected chi connectivity index (χ1v) is 4.07. The molecule has 1 heterocycles. The van der Waals surface area contributed by atoms with Crippen LogP contribution in [-0.4, -0.2) is 29.8 Å². The van der Waals surface area contributed by atoms with E-state index in [2.05, 4.69) is 20.3 Å². The average molecular weight is 183 g/mol. The van der Waals surface area contributed by atoms with Crippen LogP contribution >= 0.6 is 0 Å². The number of aromatic nitrogens is 2. The molecule has 0 aliphatic rings. The van der Waals surface area contributed by atoms with Gasteiger partial charge in [0.2, 0.25) is 0 Å². The number of nitrogens with one attached hydrogen (secondary N) is 2. The van der Waals surface area contributed by atoms with E-state index in [9.17, 15) is 4.79 Å². The maximum absolute atomic E-state index is 11.3. The van der Waals surface area contributed by atoms with Crippen molar-refractivity contribution in [3.63, 3.8) is 0 Å². The largest absolute Gasteiger partial charge is 0.465 e.